The summed E-state index contributed by atoms with van der Waals surface area (Å²) in [4.78, 5) is 11.5. The molecule has 1 heterocycles. The van der Waals surface area contributed by atoms with Crippen LogP contribution in [0.25, 0.3) is 10.9 Å². The Balaban J connectivity index is 1.59. The van der Waals surface area contributed by atoms with Crippen molar-refractivity contribution < 1.29 is 15.0 Å². The molecule has 3 aromatic carbocycles. The highest BCUT2D eigenvalue weighted by atomic mass is 16.4. The van der Waals surface area contributed by atoms with Gasteiger partial charge in [0, 0.05) is 30.7 Å². The molecular weight excluding hydrogens is 402 g/mol. The number of aromatic hydroxyl groups is 1. The van der Waals surface area contributed by atoms with Crippen molar-refractivity contribution in [3.05, 3.63) is 89.6 Å². The Morgan fingerprint density at radius 1 is 1.00 bits per heavy atom. The minimum absolute atomic E-state index is 0.0817. The molecule has 6 heteroatoms. The second-order valence-corrected chi connectivity index (χ2v) is 8.02. The van der Waals surface area contributed by atoms with E-state index in [4.69, 9.17) is 0 Å². The van der Waals surface area contributed by atoms with Crippen LogP contribution in [0.5, 0.6) is 5.75 Å². The van der Waals surface area contributed by atoms with E-state index in [2.05, 4.69) is 53.6 Å². The molecule has 0 aliphatic heterocycles. The third kappa shape index (κ3) is 4.54. The molecule has 164 valence electrons. The quantitative estimate of drug-likeness (QED) is 0.300. The van der Waals surface area contributed by atoms with Gasteiger partial charge in [-0.15, -0.1) is 0 Å². The second-order valence-electron chi connectivity index (χ2n) is 8.02. The highest BCUT2D eigenvalue weighted by Crippen LogP contribution is 2.30. The Hall–Kier alpha value is -3.93. The summed E-state index contributed by atoms with van der Waals surface area (Å²) in [7, 11) is 2.05. The molecule has 1 aromatic heterocycles. The third-order valence-corrected chi connectivity index (χ3v) is 5.70. The van der Waals surface area contributed by atoms with Crippen LogP contribution in [-0.4, -0.2) is 20.7 Å². The second kappa shape index (κ2) is 9.06. The number of para-hydroxylation sites is 2. The van der Waals surface area contributed by atoms with Gasteiger partial charge in [-0.2, -0.15) is 0 Å². The lowest BCUT2D eigenvalue weighted by molar-refractivity contribution is -0.137. The van der Waals surface area contributed by atoms with E-state index < -0.39 is 12.0 Å². The van der Waals surface area contributed by atoms with Crippen LogP contribution in [0.4, 0.5) is 11.4 Å². The van der Waals surface area contributed by atoms with Crippen LogP contribution in [0.15, 0.2) is 72.9 Å². The van der Waals surface area contributed by atoms with E-state index >= 15 is 0 Å². The summed E-state index contributed by atoms with van der Waals surface area (Å²) in [5, 5.41) is 27.1. The summed E-state index contributed by atoms with van der Waals surface area (Å²) >= 11 is 0. The zero-order valence-electron chi connectivity index (χ0n) is 18.2. The van der Waals surface area contributed by atoms with E-state index in [9.17, 15) is 15.0 Å². The average molecular weight is 430 g/mol. The standard InChI is InChI=1S/C26H27N3O3/c1-17-6-5-9-24-26(17)19(16-29(24)2)15-27-21-7-3-4-8-22(21)28-23(14-25(31)32)18-10-12-20(30)13-11-18/h3-13,16,23,27-28,30H,14-15H2,1-2H3,(H,31,32). The van der Waals surface area contributed by atoms with E-state index in [0.29, 0.717) is 6.54 Å². The summed E-state index contributed by atoms with van der Waals surface area (Å²) in [5.74, 6) is -0.748. The molecule has 1 atom stereocenters. The maximum absolute atomic E-state index is 11.5. The lowest BCUT2D eigenvalue weighted by Gasteiger charge is -2.21. The number of hydrogen-bond donors (Lipinski definition) is 4. The number of phenols is 1. The van der Waals surface area contributed by atoms with Crippen molar-refractivity contribution in [2.24, 2.45) is 7.05 Å². The highest BCUT2D eigenvalue weighted by molar-refractivity contribution is 5.87. The first-order chi connectivity index (χ1) is 15.4. The van der Waals surface area contributed by atoms with E-state index in [0.717, 1.165) is 16.9 Å². The Morgan fingerprint density at radius 2 is 1.72 bits per heavy atom. The van der Waals surface area contributed by atoms with Crippen LogP contribution in [-0.2, 0) is 18.4 Å². The molecule has 0 radical (unpaired) electrons. The number of rotatable bonds is 8. The largest absolute Gasteiger partial charge is 0.508 e. The zero-order chi connectivity index (χ0) is 22.7. The molecule has 1 unspecified atom stereocenters. The Morgan fingerprint density at radius 3 is 2.44 bits per heavy atom. The Bertz CT molecular complexity index is 1250. The van der Waals surface area contributed by atoms with Gasteiger partial charge in [-0.1, -0.05) is 36.4 Å². The lowest BCUT2D eigenvalue weighted by Crippen LogP contribution is -2.16. The summed E-state index contributed by atoms with van der Waals surface area (Å²) in [5.41, 5.74) is 6.15. The topological polar surface area (TPSA) is 86.5 Å². The van der Waals surface area contributed by atoms with Gasteiger partial charge in [-0.25, -0.2) is 0 Å². The fraction of sp³-hybridized carbons (Fsp3) is 0.192. The Labute approximate surface area is 187 Å². The fourth-order valence-corrected chi connectivity index (χ4v) is 4.14. The molecule has 0 fully saturated rings. The van der Waals surface area contributed by atoms with Crippen LogP contribution in [0, 0.1) is 6.92 Å². The number of carboxylic acid groups (broad SMARTS) is 1. The van der Waals surface area contributed by atoms with Crippen LogP contribution < -0.4 is 10.6 Å². The molecule has 0 spiro atoms. The van der Waals surface area contributed by atoms with Gasteiger partial charge in [-0.3, -0.25) is 4.79 Å². The van der Waals surface area contributed by atoms with Gasteiger partial charge in [0.15, 0.2) is 0 Å². The smallest absolute Gasteiger partial charge is 0.305 e. The van der Waals surface area contributed by atoms with Gasteiger partial charge in [-0.05, 0) is 53.9 Å². The molecule has 0 saturated heterocycles. The first kappa shape index (κ1) is 21.3. The monoisotopic (exact) mass is 429 g/mol. The minimum Gasteiger partial charge on any atom is -0.508 e. The molecule has 4 N–H and O–H groups in total. The summed E-state index contributed by atoms with van der Waals surface area (Å²) in [6, 6.07) is 20.3. The van der Waals surface area contributed by atoms with Crippen LogP contribution in [0.2, 0.25) is 0 Å². The molecule has 6 nitrogen and oxygen atoms in total. The van der Waals surface area contributed by atoms with E-state index in [1.54, 1.807) is 24.3 Å². The number of anilines is 2. The van der Waals surface area contributed by atoms with Crippen molar-refractivity contribution in [3.63, 3.8) is 0 Å². The molecule has 4 aromatic rings. The van der Waals surface area contributed by atoms with Crippen LogP contribution >= 0.6 is 0 Å². The van der Waals surface area contributed by atoms with Gasteiger partial charge < -0.3 is 25.4 Å². The van der Waals surface area contributed by atoms with Crippen molar-refractivity contribution >= 4 is 28.2 Å². The molecule has 0 aliphatic rings. The van der Waals surface area contributed by atoms with Gasteiger partial charge >= 0.3 is 5.97 Å². The predicted octanol–water partition coefficient (Wildman–Crippen LogP) is 5.43. The van der Waals surface area contributed by atoms with E-state index in [1.165, 1.54) is 22.0 Å². The number of aromatic nitrogens is 1. The van der Waals surface area contributed by atoms with Crippen LogP contribution in [0.1, 0.15) is 29.2 Å². The van der Waals surface area contributed by atoms with Crippen molar-refractivity contribution in [1.29, 1.82) is 0 Å². The molecule has 0 aliphatic carbocycles. The van der Waals surface area contributed by atoms with Gasteiger partial charge in [0.05, 0.1) is 23.8 Å². The first-order valence-electron chi connectivity index (χ1n) is 10.6. The highest BCUT2D eigenvalue weighted by Gasteiger charge is 2.17. The SMILES string of the molecule is Cc1cccc2c1c(CNc1ccccc1NC(CC(=O)O)c1ccc(O)cc1)cn2C. The normalized spacial score (nSPS) is 11.9. The van der Waals surface area contributed by atoms with Crippen LogP contribution in [0.3, 0.4) is 0 Å². The summed E-state index contributed by atoms with van der Waals surface area (Å²) in [6.45, 7) is 2.76. The number of carboxylic acids is 1. The minimum atomic E-state index is -0.896. The molecule has 32 heavy (non-hydrogen) atoms. The predicted molar refractivity (Wildman–Crippen MR) is 128 cm³/mol. The zero-order valence-corrected chi connectivity index (χ0v) is 18.2. The molecule has 0 saturated carbocycles. The molecule has 0 bridgehead atoms. The van der Waals surface area contributed by atoms with Gasteiger partial charge in [0.2, 0.25) is 0 Å². The number of phenolic OH excluding ortho intramolecular Hbond substituents is 1. The summed E-state index contributed by atoms with van der Waals surface area (Å²) in [6.07, 6.45) is 2.06. The van der Waals surface area contributed by atoms with E-state index in [1.807, 2.05) is 24.3 Å². The number of benzene rings is 3. The summed E-state index contributed by atoms with van der Waals surface area (Å²) < 4.78 is 2.14. The van der Waals surface area contributed by atoms with Gasteiger partial charge in [0.25, 0.3) is 0 Å². The van der Waals surface area contributed by atoms with Gasteiger partial charge in [0.1, 0.15) is 5.75 Å². The number of carbonyl (C=O) groups is 1. The molecule has 0 amide bonds. The molecular formula is C26H27N3O3. The third-order valence-electron chi connectivity index (χ3n) is 5.70. The maximum atomic E-state index is 11.5. The average Bonchev–Trinajstić information content (AvgIpc) is 3.10. The number of nitrogens with one attached hydrogen (secondary N) is 2. The van der Waals surface area contributed by atoms with Crippen molar-refractivity contribution in [2.45, 2.75) is 25.9 Å². The number of aryl methyl sites for hydroxylation is 2. The van der Waals surface area contributed by atoms with Crippen molar-refractivity contribution in [2.75, 3.05) is 10.6 Å². The fourth-order valence-electron chi connectivity index (χ4n) is 4.14. The first-order valence-corrected chi connectivity index (χ1v) is 10.6. The lowest BCUT2D eigenvalue weighted by atomic mass is 10.0. The number of hydrogen-bond acceptors (Lipinski definition) is 4. The van der Waals surface area contributed by atoms with Crippen molar-refractivity contribution in [1.82, 2.24) is 4.57 Å². The number of nitrogens with zero attached hydrogens (tertiary/aromatic N) is 1. The maximum Gasteiger partial charge on any atom is 0.305 e. The number of fused-ring (bicyclic) bond motifs is 1. The Kier molecular flexibility index (Phi) is 6.03. The molecule has 4 rings (SSSR count). The number of aliphatic carboxylic acids is 1. The van der Waals surface area contributed by atoms with Crippen molar-refractivity contribution in [3.8, 4) is 5.75 Å². The van der Waals surface area contributed by atoms with E-state index in [-0.39, 0.29) is 12.2 Å².